The van der Waals surface area contributed by atoms with E-state index in [1.165, 1.54) is 18.2 Å². The molecule has 1 aliphatic rings. The van der Waals surface area contributed by atoms with Crippen molar-refractivity contribution >= 4 is 15.7 Å². The molecule has 1 radical (unpaired) electrons. The maximum Gasteiger partial charge on any atom is 0.235 e. The maximum atomic E-state index is 13.1. The Morgan fingerprint density at radius 3 is 2.79 bits per heavy atom. The average Bonchev–Trinajstić information content (AvgIpc) is 2.91. The predicted octanol–water partition coefficient (Wildman–Crippen LogP) is 1.53. The first kappa shape index (κ1) is 9.45. The third-order valence-corrected chi connectivity index (χ3v) is 3.88. The van der Waals surface area contributed by atoms with Crippen LogP contribution in [0.15, 0.2) is 18.2 Å². The van der Waals surface area contributed by atoms with E-state index < -0.39 is 15.8 Å². The van der Waals surface area contributed by atoms with Crippen molar-refractivity contribution in [3.63, 3.8) is 0 Å². The van der Waals surface area contributed by atoms with Gasteiger partial charge < -0.3 is 0 Å². The highest BCUT2D eigenvalue weighted by Crippen LogP contribution is 2.30. The summed E-state index contributed by atoms with van der Waals surface area (Å²) in [5.74, 6) is -0.576. The van der Waals surface area contributed by atoms with Gasteiger partial charge >= 0.3 is 0 Å². The van der Waals surface area contributed by atoms with E-state index in [1.807, 2.05) is 0 Å². The number of benzene rings is 1. The zero-order valence-corrected chi connectivity index (χ0v) is 8.14. The van der Waals surface area contributed by atoms with Crippen LogP contribution in [0.3, 0.4) is 0 Å². The molecular weight excluding hydrogens is 205 g/mol. The molecule has 1 aliphatic carbocycles. The minimum atomic E-state index is -3.37. The van der Waals surface area contributed by atoms with Crippen LogP contribution in [0, 0.1) is 11.9 Å². The minimum absolute atomic E-state index is 0.0283. The Labute approximate surface area is 82.0 Å². The summed E-state index contributed by atoms with van der Waals surface area (Å²) in [7, 11) is -3.37. The summed E-state index contributed by atoms with van der Waals surface area (Å²) in [5, 5.41) is -0.345. The molecule has 0 atom stereocenters. The molecule has 0 saturated heterocycles. The van der Waals surface area contributed by atoms with E-state index in [9.17, 15) is 12.8 Å². The van der Waals surface area contributed by atoms with Crippen LogP contribution in [0.25, 0.3) is 0 Å². The van der Waals surface area contributed by atoms with Crippen molar-refractivity contribution in [3.8, 4) is 0 Å². The highest BCUT2D eigenvalue weighted by molar-refractivity contribution is 7.93. The molecule has 1 N–H and O–H groups in total. The third-order valence-electron chi connectivity index (χ3n) is 2.03. The van der Waals surface area contributed by atoms with E-state index in [-0.39, 0.29) is 10.9 Å². The molecule has 0 amide bonds. The molecule has 2 rings (SSSR count). The Morgan fingerprint density at radius 1 is 1.50 bits per heavy atom. The summed E-state index contributed by atoms with van der Waals surface area (Å²) in [4.78, 5) is 0. The van der Waals surface area contributed by atoms with Crippen LogP contribution >= 0.6 is 0 Å². The zero-order chi connectivity index (χ0) is 10.2. The molecule has 0 aromatic heterocycles. The van der Waals surface area contributed by atoms with Crippen molar-refractivity contribution < 1.29 is 12.8 Å². The summed E-state index contributed by atoms with van der Waals surface area (Å²) >= 11 is 0. The van der Waals surface area contributed by atoms with Gasteiger partial charge in [-0.25, -0.2) is 12.8 Å². The van der Waals surface area contributed by atoms with Gasteiger partial charge in [0.1, 0.15) is 5.82 Å². The lowest BCUT2D eigenvalue weighted by molar-refractivity contribution is 0.597. The molecule has 1 aromatic carbocycles. The number of nitrogens with one attached hydrogen (secondary N) is 1. The molecule has 0 spiro atoms. The van der Waals surface area contributed by atoms with E-state index in [0.717, 1.165) is 0 Å². The summed E-state index contributed by atoms with van der Waals surface area (Å²) in [5.41, 5.74) is -0.0283. The standard InChI is InChI=1S/C9H9FNO2S/c10-8-3-1-2-4-9(8)11-14(12,13)7-5-6-7/h1,3-4,7,11H,5-6H2. The minimum Gasteiger partial charge on any atom is -0.280 e. The number of halogens is 1. The quantitative estimate of drug-likeness (QED) is 0.829. The largest absolute Gasteiger partial charge is 0.280 e. The Balaban J connectivity index is 2.22. The number of anilines is 1. The number of hydrogen-bond acceptors (Lipinski definition) is 2. The molecule has 0 aliphatic heterocycles. The maximum absolute atomic E-state index is 13.1. The van der Waals surface area contributed by atoms with E-state index in [4.69, 9.17) is 0 Å². The lowest BCUT2D eigenvalue weighted by Gasteiger charge is -2.06. The first-order valence-electron chi connectivity index (χ1n) is 4.27. The zero-order valence-electron chi connectivity index (χ0n) is 7.33. The van der Waals surface area contributed by atoms with E-state index in [0.29, 0.717) is 12.8 Å². The lowest BCUT2D eigenvalue weighted by atomic mass is 10.3. The third kappa shape index (κ3) is 1.87. The van der Waals surface area contributed by atoms with Gasteiger partial charge in [0.25, 0.3) is 0 Å². The predicted molar refractivity (Wildman–Crippen MR) is 50.8 cm³/mol. The van der Waals surface area contributed by atoms with Gasteiger partial charge in [-0.15, -0.1) is 0 Å². The smallest absolute Gasteiger partial charge is 0.235 e. The molecule has 0 bridgehead atoms. The fraction of sp³-hybridized carbons (Fsp3) is 0.333. The van der Waals surface area contributed by atoms with Crippen LogP contribution in [-0.2, 0) is 10.0 Å². The highest BCUT2D eigenvalue weighted by atomic mass is 32.2. The Kier molecular flexibility index (Phi) is 2.19. The topological polar surface area (TPSA) is 46.2 Å². The molecule has 1 saturated carbocycles. The lowest BCUT2D eigenvalue weighted by Crippen LogP contribution is -2.18. The summed E-state index contributed by atoms with van der Waals surface area (Å²) in [6.45, 7) is 0. The van der Waals surface area contributed by atoms with Gasteiger partial charge in [0.2, 0.25) is 10.0 Å². The van der Waals surface area contributed by atoms with Crippen molar-refractivity contribution in [1.29, 1.82) is 0 Å². The molecule has 75 valence electrons. The second-order valence-corrected chi connectivity index (χ2v) is 5.21. The number of rotatable bonds is 3. The van der Waals surface area contributed by atoms with Crippen LogP contribution in [0.4, 0.5) is 10.1 Å². The van der Waals surface area contributed by atoms with Crippen molar-refractivity contribution in [2.75, 3.05) is 4.72 Å². The van der Waals surface area contributed by atoms with Crippen molar-refractivity contribution in [2.45, 2.75) is 18.1 Å². The molecule has 1 aromatic rings. The van der Waals surface area contributed by atoms with Crippen LogP contribution in [-0.4, -0.2) is 13.7 Å². The van der Waals surface area contributed by atoms with Gasteiger partial charge in [-0.3, -0.25) is 4.72 Å². The Hall–Kier alpha value is -1.10. The van der Waals surface area contributed by atoms with Gasteiger partial charge in [0, 0.05) is 0 Å². The van der Waals surface area contributed by atoms with Crippen molar-refractivity contribution in [3.05, 3.63) is 30.1 Å². The molecule has 14 heavy (non-hydrogen) atoms. The van der Waals surface area contributed by atoms with Gasteiger partial charge in [0.15, 0.2) is 0 Å². The van der Waals surface area contributed by atoms with Crippen LogP contribution < -0.4 is 4.72 Å². The van der Waals surface area contributed by atoms with Crippen LogP contribution in [0.5, 0.6) is 0 Å². The summed E-state index contributed by atoms with van der Waals surface area (Å²) < 4.78 is 38.1. The van der Waals surface area contributed by atoms with Crippen molar-refractivity contribution in [2.24, 2.45) is 0 Å². The SMILES string of the molecule is O=S(=O)(Nc1c[c]ccc1F)C1CC1. The van der Waals surface area contributed by atoms with E-state index in [2.05, 4.69) is 10.8 Å². The highest BCUT2D eigenvalue weighted by Gasteiger charge is 2.36. The van der Waals surface area contributed by atoms with Gasteiger partial charge in [-0.05, 0) is 31.0 Å². The first-order valence-corrected chi connectivity index (χ1v) is 5.81. The fourth-order valence-electron chi connectivity index (χ4n) is 1.10. The summed E-state index contributed by atoms with van der Waals surface area (Å²) in [6.07, 6.45) is 1.32. The average molecular weight is 214 g/mol. The molecule has 1 fully saturated rings. The van der Waals surface area contributed by atoms with Gasteiger partial charge in [0.05, 0.1) is 10.9 Å². The fourth-order valence-corrected chi connectivity index (χ4v) is 2.49. The normalized spacial score (nSPS) is 16.6. The molecule has 0 unspecified atom stereocenters. The summed E-state index contributed by atoms with van der Waals surface area (Å²) in [6, 6.07) is 6.47. The van der Waals surface area contributed by atoms with Gasteiger partial charge in [-0.1, -0.05) is 6.07 Å². The first-order chi connectivity index (χ1) is 6.59. The Morgan fingerprint density at radius 2 is 2.21 bits per heavy atom. The van der Waals surface area contributed by atoms with Crippen LogP contribution in [0.1, 0.15) is 12.8 Å². The molecule has 0 heterocycles. The second kappa shape index (κ2) is 3.24. The van der Waals surface area contributed by atoms with E-state index >= 15 is 0 Å². The molecule has 5 heteroatoms. The Bertz CT molecular complexity index is 440. The number of sulfonamides is 1. The second-order valence-electron chi connectivity index (χ2n) is 3.25. The molecular formula is C9H9FNO2S. The monoisotopic (exact) mass is 214 g/mol. The van der Waals surface area contributed by atoms with Crippen molar-refractivity contribution in [1.82, 2.24) is 0 Å². The number of hydrogen-bond donors (Lipinski definition) is 1. The molecule has 3 nitrogen and oxygen atoms in total. The van der Waals surface area contributed by atoms with Crippen LogP contribution in [0.2, 0.25) is 0 Å². The van der Waals surface area contributed by atoms with E-state index in [1.54, 1.807) is 0 Å². The van der Waals surface area contributed by atoms with Gasteiger partial charge in [-0.2, -0.15) is 0 Å².